The molecule has 1 N–H and O–H groups in total. The number of alkyl halides is 1. The number of aromatic amines is 1. The standard InChI is InChI=1S/C24H27ClFN5O/c1-27-23(8-4-7-22-28-20-10-9-18(25)16-21(20)29-22)30-11-13-31(14-12-30)24(32)15-17-5-2-3-6-19(17)26/h2-6,8-10,18H,7,11-16H2,1H3,(H,28,29). The Bertz CT molecular complexity index is 1050. The molecule has 1 amide bonds. The molecule has 168 valence electrons. The van der Waals surface area contributed by atoms with Gasteiger partial charge in [-0.1, -0.05) is 30.4 Å². The second-order valence-corrected chi connectivity index (χ2v) is 8.51. The van der Waals surface area contributed by atoms with Crippen LogP contribution in [0.5, 0.6) is 0 Å². The molecule has 8 heteroatoms. The summed E-state index contributed by atoms with van der Waals surface area (Å²) in [6.07, 6.45) is 9.51. The number of aromatic nitrogens is 2. The van der Waals surface area contributed by atoms with Crippen LogP contribution in [-0.2, 0) is 24.1 Å². The third-order valence-corrected chi connectivity index (χ3v) is 6.08. The van der Waals surface area contributed by atoms with Crippen molar-refractivity contribution in [1.29, 1.82) is 0 Å². The fourth-order valence-corrected chi connectivity index (χ4v) is 4.25. The van der Waals surface area contributed by atoms with Gasteiger partial charge in [0.15, 0.2) is 0 Å². The Morgan fingerprint density at radius 3 is 2.78 bits per heavy atom. The van der Waals surface area contributed by atoms with E-state index in [0.29, 0.717) is 38.2 Å². The van der Waals surface area contributed by atoms with Gasteiger partial charge >= 0.3 is 0 Å². The molecule has 0 saturated carbocycles. The molecule has 1 fully saturated rings. The van der Waals surface area contributed by atoms with Crippen LogP contribution < -0.4 is 0 Å². The molecule has 0 spiro atoms. The zero-order valence-corrected chi connectivity index (χ0v) is 18.9. The van der Waals surface area contributed by atoms with Crippen LogP contribution in [0.4, 0.5) is 4.39 Å². The second-order valence-electron chi connectivity index (χ2n) is 7.95. The molecule has 2 heterocycles. The number of halogens is 2. The number of nitrogens with one attached hydrogen (secondary N) is 1. The first-order chi connectivity index (χ1) is 15.5. The van der Waals surface area contributed by atoms with Crippen molar-refractivity contribution in [3.63, 3.8) is 0 Å². The predicted molar refractivity (Wildman–Crippen MR) is 125 cm³/mol. The molecule has 4 rings (SSSR count). The summed E-state index contributed by atoms with van der Waals surface area (Å²) < 4.78 is 13.8. The Kier molecular flexibility index (Phi) is 7.05. The Balaban J connectivity index is 1.28. The summed E-state index contributed by atoms with van der Waals surface area (Å²) >= 11 is 6.17. The van der Waals surface area contributed by atoms with Crippen LogP contribution >= 0.6 is 11.6 Å². The second kappa shape index (κ2) is 10.1. The van der Waals surface area contributed by atoms with Gasteiger partial charge in [0.2, 0.25) is 5.91 Å². The van der Waals surface area contributed by atoms with Crippen molar-refractivity contribution in [2.75, 3.05) is 33.2 Å². The van der Waals surface area contributed by atoms with Crippen molar-refractivity contribution in [2.45, 2.75) is 24.6 Å². The van der Waals surface area contributed by atoms with Gasteiger partial charge in [0.05, 0.1) is 17.5 Å². The monoisotopic (exact) mass is 455 g/mol. The third-order valence-electron chi connectivity index (χ3n) is 5.78. The van der Waals surface area contributed by atoms with Gasteiger partial charge in [-0.15, -0.1) is 11.6 Å². The summed E-state index contributed by atoms with van der Waals surface area (Å²) in [6, 6.07) is 6.44. The Hall–Kier alpha value is -2.93. The normalized spacial score (nSPS) is 19.0. The van der Waals surface area contributed by atoms with E-state index in [1.165, 1.54) is 6.07 Å². The Morgan fingerprint density at radius 1 is 1.28 bits per heavy atom. The minimum atomic E-state index is -0.332. The summed E-state index contributed by atoms with van der Waals surface area (Å²) in [6.45, 7) is 2.57. The summed E-state index contributed by atoms with van der Waals surface area (Å²) in [4.78, 5) is 28.9. The zero-order valence-electron chi connectivity index (χ0n) is 18.1. The molecule has 0 radical (unpaired) electrons. The number of amides is 1. The largest absolute Gasteiger partial charge is 0.353 e. The lowest BCUT2D eigenvalue weighted by Gasteiger charge is -2.36. The maximum absolute atomic E-state index is 13.8. The number of imidazole rings is 1. The van der Waals surface area contributed by atoms with Crippen molar-refractivity contribution in [2.24, 2.45) is 4.99 Å². The van der Waals surface area contributed by atoms with Crippen LogP contribution in [0.25, 0.3) is 6.08 Å². The van der Waals surface area contributed by atoms with Crippen molar-refractivity contribution < 1.29 is 9.18 Å². The van der Waals surface area contributed by atoms with E-state index in [9.17, 15) is 9.18 Å². The number of fused-ring (bicyclic) bond motifs is 1. The molecule has 1 unspecified atom stereocenters. The first-order valence-corrected chi connectivity index (χ1v) is 11.3. The van der Waals surface area contributed by atoms with Crippen LogP contribution in [0.3, 0.4) is 0 Å². The van der Waals surface area contributed by atoms with E-state index in [0.717, 1.165) is 29.5 Å². The van der Waals surface area contributed by atoms with Crippen molar-refractivity contribution >= 4 is 29.4 Å². The van der Waals surface area contributed by atoms with Gasteiger partial charge in [0, 0.05) is 51.8 Å². The molecule has 1 aliphatic carbocycles. The van der Waals surface area contributed by atoms with Crippen LogP contribution in [-0.4, -0.2) is 70.1 Å². The number of carbonyl (C=O) groups excluding carboxylic acids is 1. The average Bonchev–Trinajstić information content (AvgIpc) is 3.20. The van der Waals surface area contributed by atoms with Gasteiger partial charge in [-0.3, -0.25) is 9.79 Å². The molecule has 1 aromatic carbocycles. The molecule has 1 aromatic heterocycles. The number of benzene rings is 1. The van der Waals surface area contributed by atoms with Gasteiger partial charge in [-0.25, -0.2) is 9.37 Å². The van der Waals surface area contributed by atoms with E-state index in [-0.39, 0.29) is 23.5 Å². The Labute approximate surface area is 192 Å². The molecule has 2 aromatic rings. The van der Waals surface area contributed by atoms with Gasteiger partial charge in [0.1, 0.15) is 17.5 Å². The number of hydrogen-bond donors (Lipinski definition) is 1. The fourth-order valence-electron chi connectivity index (χ4n) is 4.03. The highest BCUT2D eigenvalue weighted by Gasteiger charge is 2.23. The molecule has 2 aliphatic rings. The van der Waals surface area contributed by atoms with Crippen molar-refractivity contribution in [3.05, 3.63) is 71.1 Å². The van der Waals surface area contributed by atoms with Gasteiger partial charge in [-0.2, -0.15) is 0 Å². The molecule has 0 bridgehead atoms. The number of H-pyrrole nitrogens is 1. The summed E-state index contributed by atoms with van der Waals surface area (Å²) in [5.41, 5.74) is 2.48. The van der Waals surface area contributed by atoms with E-state index in [1.807, 2.05) is 24.3 Å². The molecule has 1 aliphatic heterocycles. The van der Waals surface area contributed by atoms with Crippen molar-refractivity contribution in [3.8, 4) is 0 Å². The van der Waals surface area contributed by atoms with Crippen LogP contribution in [0, 0.1) is 5.82 Å². The zero-order chi connectivity index (χ0) is 22.5. The number of carbonyl (C=O) groups is 1. The van der Waals surface area contributed by atoms with E-state index < -0.39 is 0 Å². The van der Waals surface area contributed by atoms with E-state index >= 15 is 0 Å². The molecule has 1 saturated heterocycles. The van der Waals surface area contributed by atoms with Gasteiger partial charge in [-0.05, 0) is 23.8 Å². The number of amidine groups is 1. The summed E-state index contributed by atoms with van der Waals surface area (Å²) in [5, 5.41) is 0.0161. The maximum Gasteiger partial charge on any atom is 0.227 e. The van der Waals surface area contributed by atoms with Crippen LogP contribution in [0.1, 0.15) is 22.8 Å². The molecule has 1 atom stereocenters. The minimum absolute atomic E-state index is 0.0161. The summed E-state index contributed by atoms with van der Waals surface area (Å²) in [5.74, 6) is 1.40. The molecular weight excluding hydrogens is 429 g/mol. The predicted octanol–water partition coefficient (Wildman–Crippen LogP) is 3.24. The first kappa shape index (κ1) is 22.3. The fraction of sp³-hybridized carbons (Fsp3) is 0.375. The van der Waals surface area contributed by atoms with Gasteiger partial charge < -0.3 is 14.8 Å². The summed E-state index contributed by atoms with van der Waals surface area (Å²) in [7, 11) is 1.77. The average molecular weight is 456 g/mol. The van der Waals surface area contributed by atoms with E-state index in [1.54, 1.807) is 30.1 Å². The molecular formula is C24H27ClFN5O. The van der Waals surface area contributed by atoms with Crippen LogP contribution in [0.15, 0.2) is 47.5 Å². The molecule has 6 nitrogen and oxygen atoms in total. The number of nitrogens with zero attached hydrogens (tertiary/aromatic N) is 4. The number of rotatable bonds is 5. The lowest BCUT2D eigenvalue weighted by Crippen LogP contribution is -2.50. The number of allylic oxidation sites excluding steroid dienone is 2. The van der Waals surface area contributed by atoms with Crippen LogP contribution in [0.2, 0.25) is 0 Å². The Morgan fingerprint density at radius 2 is 2.03 bits per heavy atom. The number of piperazine rings is 1. The lowest BCUT2D eigenvalue weighted by molar-refractivity contribution is -0.131. The first-order valence-electron chi connectivity index (χ1n) is 10.8. The number of hydrogen-bond acceptors (Lipinski definition) is 3. The third kappa shape index (κ3) is 5.27. The topological polar surface area (TPSA) is 64.6 Å². The molecule has 32 heavy (non-hydrogen) atoms. The van der Waals surface area contributed by atoms with Crippen molar-refractivity contribution in [1.82, 2.24) is 19.8 Å². The lowest BCUT2D eigenvalue weighted by atomic mass is 10.1. The smallest absolute Gasteiger partial charge is 0.227 e. The van der Waals surface area contributed by atoms with Gasteiger partial charge in [0.25, 0.3) is 0 Å². The van der Waals surface area contributed by atoms with E-state index in [2.05, 4.69) is 19.9 Å². The minimum Gasteiger partial charge on any atom is -0.353 e. The number of aliphatic imine (C=N–C) groups is 1. The van der Waals surface area contributed by atoms with E-state index in [4.69, 9.17) is 11.6 Å². The SMILES string of the molecule is CN=C(C=CCc1nc2c([nH]1)CC(Cl)C=C2)N1CCN(C(=O)Cc2ccccc2F)CC1. The highest BCUT2D eigenvalue weighted by molar-refractivity contribution is 6.22. The quantitative estimate of drug-likeness (QED) is 0.427. The maximum atomic E-state index is 13.8. The highest BCUT2D eigenvalue weighted by Crippen LogP contribution is 2.20. The highest BCUT2D eigenvalue weighted by atomic mass is 35.5.